The van der Waals surface area contributed by atoms with Gasteiger partial charge in [0.15, 0.2) is 0 Å². The predicted molar refractivity (Wildman–Crippen MR) is 71.2 cm³/mol. The van der Waals surface area contributed by atoms with Gasteiger partial charge in [-0.05, 0) is 45.4 Å². The van der Waals surface area contributed by atoms with Crippen molar-refractivity contribution in [3.05, 3.63) is 34.6 Å². The van der Waals surface area contributed by atoms with Crippen LogP contribution in [0.1, 0.15) is 33.3 Å². The van der Waals surface area contributed by atoms with Gasteiger partial charge in [-0.15, -0.1) is 0 Å². The number of hydrogen-bond acceptors (Lipinski definition) is 2. The summed E-state index contributed by atoms with van der Waals surface area (Å²) >= 11 is 5.72. The van der Waals surface area contributed by atoms with Crippen LogP contribution in [0.2, 0.25) is 5.02 Å². The van der Waals surface area contributed by atoms with Gasteiger partial charge in [-0.2, -0.15) is 0 Å². The van der Waals surface area contributed by atoms with Crippen molar-refractivity contribution in [2.24, 2.45) is 0 Å². The molecule has 1 aromatic carbocycles. The first kappa shape index (κ1) is 13.8. The summed E-state index contributed by atoms with van der Waals surface area (Å²) in [5.74, 6) is -0.322. The van der Waals surface area contributed by atoms with Crippen LogP contribution in [0.25, 0.3) is 0 Å². The molecule has 1 saturated heterocycles. The summed E-state index contributed by atoms with van der Waals surface area (Å²) in [5, 5.41) is 0.394. The van der Waals surface area contributed by atoms with E-state index in [0.717, 1.165) is 0 Å². The lowest BCUT2D eigenvalue weighted by atomic mass is 9.80. The minimum Gasteiger partial charge on any atom is -0.403 e. The average Bonchev–Trinajstić information content (AvgIpc) is 2.40. The van der Waals surface area contributed by atoms with Crippen LogP contribution >= 0.6 is 11.6 Å². The third-order valence-electron chi connectivity index (χ3n) is 3.70. The lowest BCUT2D eigenvalue weighted by Crippen LogP contribution is -2.41. The molecule has 0 amide bonds. The Hall–Kier alpha value is -0.575. The molecular formula is C13H17BClFO2. The molecule has 1 aliphatic rings. The van der Waals surface area contributed by atoms with Crippen molar-refractivity contribution < 1.29 is 13.7 Å². The van der Waals surface area contributed by atoms with E-state index in [1.54, 1.807) is 12.1 Å². The topological polar surface area (TPSA) is 18.5 Å². The molecule has 5 heteroatoms. The first-order chi connectivity index (χ1) is 8.21. The van der Waals surface area contributed by atoms with Gasteiger partial charge in [0, 0.05) is 11.3 Å². The number of hydrogen-bond donors (Lipinski definition) is 0. The van der Waals surface area contributed by atoms with Crippen LogP contribution in [-0.2, 0) is 15.6 Å². The number of benzene rings is 1. The molecule has 18 heavy (non-hydrogen) atoms. The fraction of sp³-hybridized carbons (Fsp3) is 0.538. The van der Waals surface area contributed by atoms with Gasteiger partial charge < -0.3 is 9.31 Å². The van der Waals surface area contributed by atoms with E-state index >= 15 is 0 Å². The quantitative estimate of drug-likeness (QED) is 0.764. The van der Waals surface area contributed by atoms with Gasteiger partial charge in [0.05, 0.1) is 11.2 Å². The highest BCUT2D eigenvalue weighted by Gasteiger charge is 2.50. The van der Waals surface area contributed by atoms with E-state index in [1.165, 1.54) is 6.07 Å². The summed E-state index contributed by atoms with van der Waals surface area (Å²) in [6.45, 7) is 7.91. The Kier molecular flexibility index (Phi) is 3.47. The molecule has 2 nitrogen and oxygen atoms in total. The van der Waals surface area contributed by atoms with Gasteiger partial charge >= 0.3 is 7.12 Å². The van der Waals surface area contributed by atoms with Crippen molar-refractivity contribution in [1.82, 2.24) is 0 Å². The molecule has 0 aromatic heterocycles. The van der Waals surface area contributed by atoms with Crippen LogP contribution in [-0.4, -0.2) is 18.3 Å². The highest BCUT2D eigenvalue weighted by Crippen LogP contribution is 2.37. The maximum atomic E-state index is 13.7. The molecule has 0 spiro atoms. The van der Waals surface area contributed by atoms with Crippen molar-refractivity contribution in [2.75, 3.05) is 0 Å². The van der Waals surface area contributed by atoms with Crippen molar-refractivity contribution in [3.63, 3.8) is 0 Å². The Bertz CT molecular complexity index is 446. The maximum absolute atomic E-state index is 13.7. The van der Waals surface area contributed by atoms with Gasteiger partial charge in [0.25, 0.3) is 0 Å². The largest absolute Gasteiger partial charge is 0.462 e. The zero-order chi connectivity index (χ0) is 13.6. The molecule has 1 fully saturated rings. The molecule has 1 aromatic rings. The minimum absolute atomic E-state index is 0.322. The van der Waals surface area contributed by atoms with E-state index in [9.17, 15) is 4.39 Å². The molecule has 0 aliphatic carbocycles. The fourth-order valence-corrected chi connectivity index (χ4v) is 2.07. The average molecular weight is 271 g/mol. The molecule has 0 N–H and O–H groups in total. The highest BCUT2D eigenvalue weighted by molar-refractivity contribution is 6.45. The number of halogens is 2. The molecule has 0 bridgehead atoms. The van der Waals surface area contributed by atoms with Crippen LogP contribution in [0.15, 0.2) is 18.2 Å². The van der Waals surface area contributed by atoms with Gasteiger partial charge in [-0.3, -0.25) is 0 Å². The zero-order valence-electron chi connectivity index (χ0n) is 11.1. The van der Waals surface area contributed by atoms with Crippen molar-refractivity contribution in [1.29, 1.82) is 0 Å². The Balaban J connectivity index is 2.12. The Morgan fingerprint density at radius 2 is 1.72 bits per heavy atom. The first-order valence-corrected chi connectivity index (χ1v) is 6.39. The fourth-order valence-electron chi connectivity index (χ4n) is 1.92. The molecule has 1 heterocycles. The summed E-state index contributed by atoms with van der Waals surface area (Å²) in [7, 11) is -0.425. The van der Waals surface area contributed by atoms with E-state index < -0.39 is 7.12 Å². The molecule has 0 radical (unpaired) electrons. The summed E-state index contributed by atoms with van der Waals surface area (Å²) < 4.78 is 25.4. The van der Waals surface area contributed by atoms with Crippen LogP contribution in [0, 0.1) is 5.82 Å². The molecule has 0 unspecified atom stereocenters. The summed E-state index contributed by atoms with van der Waals surface area (Å²) in [6, 6.07) is 4.65. The molecule has 1 aliphatic heterocycles. The normalized spacial score (nSPS) is 21.3. The molecule has 2 rings (SSSR count). The second-order valence-corrected chi connectivity index (χ2v) is 6.06. The first-order valence-electron chi connectivity index (χ1n) is 6.01. The smallest absolute Gasteiger partial charge is 0.403 e. The SMILES string of the molecule is CC1(C)OB(Cc2ccc(Cl)cc2F)OC1(C)C. The van der Waals surface area contributed by atoms with E-state index in [4.69, 9.17) is 20.9 Å². The predicted octanol–water partition coefficient (Wildman–Crippen LogP) is 3.65. The van der Waals surface area contributed by atoms with Gasteiger partial charge in [0.1, 0.15) is 5.82 Å². The van der Waals surface area contributed by atoms with Crippen molar-refractivity contribution in [3.8, 4) is 0 Å². The molecule has 0 atom stereocenters. The van der Waals surface area contributed by atoms with Crippen LogP contribution < -0.4 is 0 Å². The molecular weight excluding hydrogens is 253 g/mol. The summed E-state index contributed by atoms with van der Waals surface area (Å²) in [5.41, 5.74) is -0.223. The van der Waals surface area contributed by atoms with E-state index in [0.29, 0.717) is 16.9 Å². The highest BCUT2D eigenvalue weighted by atomic mass is 35.5. The Morgan fingerprint density at radius 1 is 1.17 bits per heavy atom. The van der Waals surface area contributed by atoms with Crippen LogP contribution in [0.3, 0.4) is 0 Å². The Morgan fingerprint density at radius 3 is 2.22 bits per heavy atom. The molecule has 98 valence electrons. The zero-order valence-corrected chi connectivity index (χ0v) is 11.8. The van der Waals surface area contributed by atoms with Crippen LogP contribution in [0.4, 0.5) is 4.39 Å². The van der Waals surface area contributed by atoms with Crippen molar-refractivity contribution >= 4 is 18.7 Å². The second kappa shape index (κ2) is 4.51. The number of rotatable bonds is 2. The monoisotopic (exact) mass is 270 g/mol. The van der Waals surface area contributed by atoms with Crippen LogP contribution in [0.5, 0.6) is 0 Å². The van der Waals surface area contributed by atoms with Crippen molar-refractivity contribution in [2.45, 2.75) is 45.2 Å². The van der Waals surface area contributed by atoms with E-state index in [-0.39, 0.29) is 17.0 Å². The van der Waals surface area contributed by atoms with Gasteiger partial charge in [-0.1, -0.05) is 17.7 Å². The van der Waals surface area contributed by atoms with E-state index in [2.05, 4.69) is 0 Å². The van der Waals surface area contributed by atoms with E-state index in [1.807, 2.05) is 27.7 Å². The second-order valence-electron chi connectivity index (χ2n) is 5.63. The lowest BCUT2D eigenvalue weighted by molar-refractivity contribution is 0.00578. The molecule has 0 saturated carbocycles. The third-order valence-corrected chi connectivity index (χ3v) is 3.94. The summed E-state index contributed by atoms with van der Waals surface area (Å²) in [4.78, 5) is 0. The third kappa shape index (κ3) is 2.56. The minimum atomic E-state index is -0.425. The Labute approximate surface area is 113 Å². The van der Waals surface area contributed by atoms with Gasteiger partial charge in [-0.25, -0.2) is 4.39 Å². The summed E-state index contributed by atoms with van der Waals surface area (Å²) in [6.07, 6.45) is 0.385. The maximum Gasteiger partial charge on any atom is 0.462 e. The lowest BCUT2D eigenvalue weighted by Gasteiger charge is -2.32. The van der Waals surface area contributed by atoms with Gasteiger partial charge in [0.2, 0.25) is 0 Å². The standard InChI is InChI=1S/C13H17BClFO2/c1-12(2)13(3,4)18-14(17-12)8-9-5-6-10(15)7-11(9)16/h5-7H,8H2,1-4H3.